The third-order valence-corrected chi connectivity index (χ3v) is 5.67. The molecule has 2 aromatic carbocycles. The molecule has 0 aromatic heterocycles. The highest BCUT2D eigenvalue weighted by molar-refractivity contribution is 8.15. The summed E-state index contributed by atoms with van der Waals surface area (Å²) in [5.41, 5.74) is 3.33. The van der Waals surface area contributed by atoms with Crippen LogP contribution < -0.4 is 15.4 Å². The summed E-state index contributed by atoms with van der Waals surface area (Å²) in [5.74, 6) is -0.415. The zero-order valence-corrected chi connectivity index (χ0v) is 17.8. The van der Waals surface area contributed by atoms with E-state index in [9.17, 15) is 14.4 Å². The van der Waals surface area contributed by atoms with Gasteiger partial charge in [0, 0.05) is 12.1 Å². The lowest BCUT2D eigenvalue weighted by atomic mass is 10.1. The molecule has 0 spiro atoms. The van der Waals surface area contributed by atoms with Gasteiger partial charge in [-0.3, -0.25) is 14.4 Å². The monoisotopic (exact) mass is 425 g/mol. The molecular weight excluding hydrogens is 402 g/mol. The predicted molar refractivity (Wildman–Crippen MR) is 119 cm³/mol. The number of methoxy groups -OCH3 is 1. The first kappa shape index (κ1) is 21.6. The maximum atomic E-state index is 12.4. The number of amides is 3. The number of carbonyl (C=O) groups is 3. The molecular formula is C22H23N3O4S. The zero-order valence-electron chi connectivity index (χ0n) is 17.0. The van der Waals surface area contributed by atoms with Gasteiger partial charge in [0.2, 0.25) is 11.8 Å². The van der Waals surface area contributed by atoms with Crippen molar-refractivity contribution in [3.63, 3.8) is 0 Å². The van der Waals surface area contributed by atoms with Crippen LogP contribution in [0.4, 0.5) is 11.4 Å². The van der Waals surface area contributed by atoms with Gasteiger partial charge in [-0.2, -0.15) is 0 Å². The van der Waals surface area contributed by atoms with Gasteiger partial charge in [0.15, 0.2) is 0 Å². The number of hydrogen-bond acceptors (Lipinski definition) is 5. The SMILES string of the molecule is COc1ccccc1NC(=O)CC1=NC(=O)C(CC(=O)Nc2ccc(C)cc2C)S1. The van der Waals surface area contributed by atoms with E-state index in [2.05, 4.69) is 15.6 Å². The molecule has 0 saturated carbocycles. The minimum Gasteiger partial charge on any atom is -0.495 e. The number of anilines is 2. The van der Waals surface area contributed by atoms with Crippen LogP contribution >= 0.6 is 11.8 Å². The van der Waals surface area contributed by atoms with Crippen molar-refractivity contribution < 1.29 is 19.1 Å². The minimum absolute atomic E-state index is 0.00204. The van der Waals surface area contributed by atoms with Crippen LogP contribution in [-0.4, -0.2) is 35.1 Å². The summed E-state index contributed by atoms with van der Waals surface area (Å²) < 4.78 is 5.21. The molecule has 1 unspecified atom stereocenters. The number of aliphatic imine (C=N–C) groups is 1. The molecule has 1 heterocycles. The Kier molecular flexibility index (Phi) is 6.89. The summed E-state index contributed by atoms with van der Waals surface area (Å²) in [7, 11) is 1.52. The van der Waals surface area contributed by atoms with Crippen molar-refractivity contribution in [2.45, 2.75) is 31.9 Å². The van der Waals surface area contributed by atoms with E-state index in [-0.39, 0.29) is 24.7 Å². The molecule has 1 aliphatic heterocycles. The fraction of sp³-hybridized carbons (Fsp3) is 0.273. The average molecular weight is 426 g/mol. The fourth-order valence-electron chi connectivity index (χ4n) is 3.05. The molecule has 3 amide bonds. The third kappa shape index (κ3) is 5.48. The number of nitrogens with zero attached hydrogens (tertiary/aromatic N) is 1. The molecule has 0 aliphatic carbocycles. The van der Waals surface area contributed by atoms with Gasteiger partial charge in [-0.15, -0.1) is 0 Å². The number of carbonyl (C=O) groups excluding carboxylic acids is 3. The van der Waals surface area contributed by atoms with E-state index < -0.39 is 11.2 Å². The molecule has 0 saturated heterocycles. The van der Waals surface area contributed by atoms with Gasteiger partial charge in [-0.05, 0) is 37.6 Å². The second kappa shape index (κ2) is 9.58. The smallest absolute Gasteiger partial charge is 0.260 e. The molecule has 156 valence electrons. The second-order valence-electron chi connectivity index (χ2n) is 6.95. The molecule has 0 fully saturated rings. The van der Waals surface area contributed by atoms with Gasteiger partial charge in [0.05, 0.1) is 24.3 Å². The zero-order chi connectivity index (χ0) is 21.7. The standard InChI is InChI=1S/C22H23N3O4S/c1-13-8-9-15(14(2)10-13)23-19(26)11-18-22(28)25-21(30-18)12-20(27)24-16-6-4-5-7-17(16)29-3/h4-10,18H,11-12H2,1-3H3,(H,23,26)(H,24,27). The number of thioether (sulfide) groups is 1. The lowest BCUT2D eigenvalue weighted by Crippen LogP contribution is -2.22. The Bertz CT molecular complexity index is 1020. The second-order valence-corrected chi connectivity index (χ2v) is 8.22. The normalized spacial score (nSPS) is 15.5. The number of ether oxygens (including phenoxy) is 1. The molecule has 1 atom stereocenters. The molecule has 1 aliphatic rings. The molecule has 2 aromatic rings. The average Bonchev–Trinajstić information content (AvgIpc) is 3.03. The number of para-hydroxylation sites is 2. The molecule has 3 rings (SSSR count). The van der Waals surface area contributed by atoms with Crippen LogP contribution in [0.5, 0.6) is 5.75 Å². The summed E-state index contributed by atoms with van der Waals surface area (Å²) in [6.45, 7) is 3.90. The van der Waals surface area contributed by atoms with E-state index in [1.807, 2.05) is 32.0 Å². The lowest BCUT2D eigenvalue weighted by Gasteiger charge is -2.11. The third-order valence-electron chi connectivity index (χ3n) is 4.51. The predicted octanol–water partition coefficient (Wildman–Crippen LogP) is 3.71. The van der Waals surface area contributed by atoms with Crippen LogP contribution in [0.25, 0.3) is 0 Å². The van der Waals surface area contributed by atoms with Crippen LogP contribution in [-0.2, 0) is 14.4 Å². The summed E-state index contributed by atoms with van der Waals surface area (Å²) in [4.78, 5) is 40.8. The number of nitrogens with one attached hydrogen (secondary N) is 2. The van der Waals surface area contributed by atoms with E-state index in [4.69, 9.17) is 4.74 Å². The Hall–Kier alpha value is -3.13. The summed E-state index contributed by atoms with van der Waals surface area (Å²) >= 11 is 1.16. The van der Waals surface area contributed by atoms with E-state index >= 15 is 0 Å². The summed E-state index contributed by atoms with van der Waals surface area (Å²) in [5, 5.41) is 5.37. The van der Waals surface area contributed by atoms with Gasteiger partial charge < -0.3 is 15.4 Å². The molecule has 0 bridgehead atoms. The largest absolute Gasteiger partial charge is 0.495 e. The van der Waals surface area contributed by atoms with Crippen molar-refractivity contribution >= 4 is 45.9 Å². The Morgan fingerprint density at radius 3 is 2.53 bits per heavy atom. The number of rotatable bonds is 7. The van der Waals surface area contributed by atoms with Crippen molar-refractivity contribution in [1.29, 1.82) is 0 Å². The molecule has 30 heavy (non-hydrogen) atoms. The Labute approximate surface area is 179 Å². The molecule has 0 radical (unpaired) electrons. The molecule has 7 nitrogen and oxygen atoms in total. The van der Waals surface area contributed by atoms with E-state index in [1.165, 1.54) is 7.11 Å². The first-order valence-electron chi connectivity index (χ1n) is 9.43. The number of benzene rings is 2. The highest BCUT2D eigenvalue weighted by atomic mass is 32.2. The molecule has 2 N–H and O–H groups in total. The topological polar surface area (TPSA) is 96.9 Å². The van der Waals surface area contributed by atoms with Crippen LogP contribution in [0.2, 0.25) is 0 Å². The Balaban J connectivity index is 1.53. The van der Waals surface area contributed by atoms with Gasteiger partial charge >= 0.3 is 0 Å². The van der Waals surface area contributed by atoms with E-state index in [1.54, 1.807) is 24.3 Å². The summed E-state index contributed by atoms with van der Waals surface area (Å²) in [6, 6.07) is 12.8. The van der Waals surface area contributed by atoms with Crippen molar-refractivity contribution in [3.05, 3.63) is 53.6 Å². The first-order valence-corrected chi connectivity index (χ1v) is 10.3. The first-order chi connectivity index (χ1) is 14.4. The highest BCUT2D eigenvalue weighted by Crippen LogP contribution is 2.29. The Morgan fingerprint density at radius 1 is 1.07 bits per heavy atom. The van der Waals surface area contributed by atoms with Crippen LogP contribution in [0, 0.1) is 13.8 Å². The van der Waals surface area contributed by atoms with Crippen LogP contribution in [0.15, 0.2) is 47.5 Å². The van der Waals surface area contributed by atoms with Crippen molar-refractivity contribution in [2.75, 3.05) is 17.7 Å². The maximum absolute atomic E-state index is 12.4. The van der Waals surface area contributed by atoms with Crippen LogP contribution in [0.3, 0.4) is 0 Å². The maximum Gasteiger partial charge on any atom is 0.260 e. The van der Waals surface area contributed by atoms with Crippen molar-refractivity contribution in [1.82, 2.24) is 0 Å². The van der Waals surface area contributed by atoms with Crippen molar-refractivity contribution in [3.8, 4) is 5.75 Å². The van der Waals surface area contributed by atoms with E-state index in [0.717, 1.165) is 28.6 Å². The number of hydrogen-bond donors (Lipinski definition) is 2. The van der Waals surface area contributed by atoms with Gasteiger partial charge in [0.25, 0.3) is 5.91 Å². The highest BCUT2D eigenvalue weighted by Gasteiger charge is 2.31. The summed E-state index contributed by atoms with van der Waals surface area (Å²) in [6.07, 6.45) is -0.0401. The number of aryl methyl sites for hydroxylation is 2. The van der Waals surface area contributed by atoms with Crippen molar-refractivity contribution in [2.24, 2.45) is 4.99 Å². The van der Waals surface area contributed by atoms with Gasteiger partial charge in [0.1, 0.15) is 11.0 Å². The van der Waals surface area contributed by atoms with Crippen LogP contribution in [0.1, 0.15) is 24.0 Å². The van der Waals surface area contributed by atoms with E-state index in [0.29, 0.717) is 16.5 Å². The molecule has 8 heteroatoms. The minimum atomic E-state index is -0.621. The van der Waals surface area contributed by atoms with Gasteiger partial charge in [-0.1, -0.05) is 41.6 Å². The lowest BCUT2D eigenvalue weighted by molar-refractivity contribution is -0.121. The fourth-order valence-corrected chi connectivity index (χ4v) is 4.12. The quantitative estimate of drug-likeness (QED) is 0.705. The van der Waals surface area contributed by atoms with Gasteiger partial charge in [-0.25, -0.2) is 4.99 Å². The Morgan fingerprint density at radius 2 is 1.80 bits per heavy atom.